The summed E-state index contributed by atoms with van der Waals surface area (Å²) in [6.45, 7) is 0. The summed E-state index contributed by atoms with van der Waals surface area (Å²) in [5.41, 5.74) is 2.23. The topological polar surface area (TPSA) is 53.4 Å². The van der Waals surface area contributed by atoms with Gasteiger partial charge in [-0.15, -0.1) is 0 Å². The Morgan fingerprint density at radius 2 is 1.80 bits per heavy atom. The summed E-state index contributed by atoms with van der Waals surface area (Å²) in [7, 11) is 0. The van der Waals surface area contributed by atoms with Crippen molar-refractivity contribution in [3.63, 3.8) is 0 Å². The van der Waals surface area contributed by atoms with Gasteiger partial charge in [0.1, 0.15) is 5.75 Å². The third kappa shape index (κ3) is 3.01. The number of rotatable bonds is 2. The summed E-state index contributed by atoms with van der Waals surface area (Å²) < 4.78 is 0.461. The SMILES string of the molecule is O=C1C(=Cc2ccc3ccccc3n2)SC(=S)N1c1ccc(O)cc1. The number of thioether (sulfide) groups is 1. The molecule has 1 aliphatic heterocycles. The van der Waals surface area contributed by atoms with E-state index in [2.05, 4.69) is 4.98 Å². The number of aromatic nitrogens is 1. The number of nitrogens with zero attached hydrogens (tertiary/aromatic N) is 2. The van der Waals surface area contributed by atoms with Crippen molar-refractivity contribution in [3.8, 4) is 5.75 Å². The van der Waals surface area contributed by atoms with E-state index in [1.165, 1.54) is 28.8 Å². The number of fused-ring (bicyclic) bond motifs is 1. The Balaban J connectivity index is 1.68. The number of aromatic hydroxyl groups is 1. The number of anilines is 1. The number of pyridine rings is 1. The van der Waals surface area contributed by atoms with Gasteiger partial charge in [0.2, 0.25) is 0 Å². The van der Waals surface area contributed by atoms with Crippen molar-refractivity contribution in [2.24, 2.45) is 0 Å². The molecule has 1 saturated heterocycles. The molecule has 0 radical (unpaired) electrons. The Kier molecular flexibility index (Phi) is 3.99. The minimum Gasteiger partial charge on any atom is -0.508 e. The monoisotopic (exact) mass is 364 g/mol. The number of carbonyl (C=O) groups is 1. The summed E-state index contributed by atoms with van der Waals surface area (Å²) in [5.74, 6) is -0.0410. The number of phenols is 1. The molecule has 0 saturated carbocycles. The van der Waals surface area contributed by atoms with Crippen molar-refractivity contribution in [1.82, 2.24) is 4.98 Å². The van der Waals surface area contributed by atoms with Crippen LogP contribution in [0.15, 0.2) is 65.6 Å². The van der Waals surface area contributed by atoms with Crippen LogP contribution in [0.1, 0.15) is 5.69 Å². The molecule has 1 amide bonds. The van der Waals surface area contributed by atoms with Gasteiger partial charge in [0.15, 0.2) is 4.32 Å². The lowest BCUT2D eigenvalue weighted by atomic mass is 10.2. The van der Waals surface area contributed by atoms with Crippen LogP contribution in [0.3, 0.4) is 0 Å². The summed E-state index contributed by atoms with van der Waals surface area (Å²) >= 11 is 6.59. The first-order valence-electron chi connectivity index (χ1n) is 7.54. The fraction of sp³-hybridized carbons (Fsp3) is 0. The van der Waals surface area contributed by atoms with Gasteiger partial charge in [-0.3, -0.25) is 9.69 Å². The molecule has 1 fully saturated rings. The van der Waals surface area contributed by atoms with E-state index in [1.54, 1.807) is 18.2 Å². The Labute approximate surface area is 153 Å². The fourth-order valence-corrected chi connectivity index (χ4v) is 3.87. The highest BCUT2D eigenvalue weighted by Gasteiger charge is 2.33. The maximum absolute atomic E-state index is 12.7. The van der Waals surface area contributed by atoms with Gasteiger partial charge in [0.25, 0.3) is 5.91 Å². The van der Waals surface area contributed by atoms with Crippen LogP contribution in [-0.2, 0) is 4.79 Å². The van der Waals surface area contributed by atoms with E-state index in [1.807, 2.05) is 36.4 Å². The molecule has 2 heterocycles. The van der Waals surface area contributed by atoms with Crippen LogP contribution in [-0.4, -0.2) is 20.3 Å². The third-order valence-electron chi connectivity index (χ3n) is 3.80. The van der Waals surface area contributed by atoms with Crippen molar-refractivity contribution in [2.45, 2.75) is 0 Å². The highest BCUT2D eigenvalue weighted by atomic mass is 32.2. The average molecular weight is 364 g/mol. The first-order valence-corrected chi connectivity index (χ1v) is 8.77. The zero-order valence-corrected chi connectivity index (χ0v) is 14.6. The molecule has 1 aliphatic rings. The predicted octanol–water partition coefficient (Wildman–Crippen LogP) is 4.35. The van der Waals surface area contributed by atoms with Crippen LogP contribution in [0, 0.1) is 0 Å². The molecule has 0 aliphatic carbocycles. The number of thiocarbonyl (C=S) groups is 1. The molecule has 2 aromatic carbocycles. The van der Waals surface area contributed by atoms with Crippen LogP contribution in [0.2, 0.25) is 0 Å². The summed E-state index contributed by atoms with van der Waals surface area (Å²) in [5, 5.41) is 10.5. The average Bonchev–Trinajstić information content (AvgIpc) is 2.89. The van der Waals surface area contributed by atoms with Gasteiger partial charge in [0, 0.05) is 5.39 Å². The van der Waals surface area contributed by atoms with Crippen LogP contribution in [0.5, 0.6) is 5.75 Å². The van der Waals surface area contributed by atoms with Crippen LogP contribution >= 0.6 is 24.0 Å². The molecule has 1 aromatic heterocycles. The Hall–Kier alpha value is -2.70. The molecule has 25 heavy (non-hydrogen) atoms. The number of carbonyl (C=O) groups excluding carboxylic acids is 1. The lowest BCUT2D eigenvalue weighted by Crippen LogP contribution is -2.27. The van der Waals surface area contributed by atoms with Crippen molar-refractivity contribution >= 4 is 56.9 Å². The van der Waals surface area contributed by atoms with E-state index in [4.69, 9.17) is 12.2 Å². The van der Waals surface area contributed by atoms with Gasteiger partial charge in [-0.2, -0.15) is 0 Å². The van der Waals surface area contributed by atoms with Crippen molar-refractivity contribution < 1.29 is 9.90 Å². The van der Waals surface area contributed by atoms with E-state index in [9.17, 15) is 9.90 Å². The quantitative estimate of drug-likeness (QED) is 0.541. The number of hydrogen-bond acceptors (Lipinski definition) is 5. The van der Waals surface area contributed by atoms with Gasteiger partial charge >= 0.3 is 0 Å². The van der Waals surface area contributed by atoms with Crippen LogP contribution in [0.25, 0.3) is 17.0 Å². The van der Waals surface area contributed by atoms with Gasteiger partial charge < -0.3 is 5.11 Å². The lowest BCUT2D eigenvalue weighted by Gasteiger charge is -2.14. The summed E-state index contributed by atoms with van der Waals surface area (Å²) in [4.78, 5) is 19.3. The van der Waals surface area contributed by atoms with Crippen molar-refractivity contribution in [1.29, 1.82) is 0 Å². The molecular weight excluding hydrogens is 352 g/mol. The zero-order chi connectivity index (χ0) is 17.4. The molecule has 122 valence electrons. The van der Waals surface area contributed by atoms with E-state index in [-0.39, 0.29) is 11.7 Å². The molecule has 3 aromatic rings. The normalized spacial score (nSPS) is 16.2. The summed E-state index contributed by atoms with van der Waals surface area (Å²) in [6, 6.07) is 18.1. The number of para-hydroxylation sites is 1. The molecule has 0 bridgehead atoms. The highest BCUT2D eigenvalue weighted by Crippen LogP contribution is 2.36. The second-order valence-electron chi connectivity index (χ2n) is 5.46. The number of hydrogen-bond donors (Lipinski definition) is 1. The van der Waals surface area contributed by atoms with Crippen LogP contribution in [0.4, 0.5) is 5.69 Å². The number of benzene rings is 2. The molecule has 4 rings (SSSR count). The third-order valence-corrected chi connectivity index (χ3v) is 5.10. The highest BCUT2D eigenvalue weighted by molar-refractivity contribution is 8.27. The van der Waals surface area contributed by atoms with Gasteiger partial charge in [-0.25, -0.2) is 4.98 Å². The first kappa shape index (κ1) is 15.8. The molecule has 0 spiro atoms. The number of phenolic OH excluding ortho intramolecular Hbond substituents is 1. The van der Waals surface area contributed by atoms with E-state index in [0.717, 1.165) is 10.9 Å². The molecule has 4 nitrogen and oxygen atoms in total. The molecular formula is C19H12N2O2S2. The minimum absolute atomic E-state index is 0.144. The fourth-order valence-electron chi connectivity index (χ4n) is 2.59. The van der Waals surface area contributed by atoms with E-state index in [0.29, 0.717) is 20.6 Å². The lowest BCUT2D eigenvalue weighted by molar-refractivity contribution is -0.113. The Morgan fingerprint density at radius 3 is 2.60 bits per heavy atom. The van der Waals surface area contributed by atoms with Crippen molar-refractivity contribution in [3.05, 3.63) is 71.3 Å². The van der Waals surface area contributed by atoms with E-state index >= 15 is 0 Å². The maximum Gasteiger partial charge on any atom is 0.270 e. The van der Waals surface area contributed by atoms with E-state index < -0.39 is 0 Å². The van der Waals surface area contributed by atoms with Crippen LogP contribution < -0.4 is 4.90 Å². The second-order valence-corrected chi connectivity index (χ2v) is 7.14. The largest absolute Gasteiger partial charge is 0.508 e. The predicted molar refractivity (Wildman–Crippen MR) is 106 cm³/mol. The van der Waals surface area contributed by atoms with Gasteiger partial charge in [0.05, 0.1) is 21.8 Å². The molecule has 1 N–H and O–H groups in total. The standard InChI is InChI=1S/C19H12N2O2S2/c22-15-9-7-14(8-10-15)21-18(23)17(25-19(21)24)11-13-6-5-12-3-1-2-4-16(12)20-13/h1-11,22H. The Morgan fingerprint density at radius 1 is 1.04 bits per heavy atom. The van der Waals surface area contributed by atoms with Gasteiger partial charge in [-0.1, -0.05) is 48.2 Å². The first-order chi connectivity index (χ1) is 12.1. The smallest absolute Gasteiger partial charge is 0.270 e. The summed E-state index contributed by atoms with van der Waals surface area (Å²) in [6.07, 6.45) is 1.76. The molecule has 0 unspecified atom stereocenters. The second kappa shape index (κ2) is 6.31. The maximum atomic E-state index is 12.7. The van der Waals surface area contributed by atoms with Gasteiger partial charge in [-0.05, 0) is 42.5 Å². The number of amides is 1. The molecule has 0 atom stereocenters. The minimum atomic E-state index is -0.185. The Bertz CT molecular complexity index is 1030. The zero-order valence-electron chi connectivity index (χ0n) is 12.9. The molecule has 6 heteroatoms. The van der Waals surface area contributed by atoms with Crippen molar-refractivity contribution in [2.75, 3.05) is 4.90 Å².